The second-order valence-corrected chi connectivity index (χ2v) is 4.11. The first-order chi connectivity index (χ1) is 7.81. The van der Waals surface area contributed by atoms with Gasteiger partial charge in [-0.15, -0.1) is 0 Å². The lowest BCUT2D eigenvalue weighted by molar-refractivity contribution is 0.268. The summed E-state index contributed by atoms with van der Waals surface area (Å²) in [6.07, 6.45) is 1.54. The van der Waals surface area contributed by atoms with E-state index in [1.165, 1.54) is 17.5 Å². The van der Waals surface area contributed by atoms with Crippen LogP contribution in [0.25, 0.3) is 0 Å². The molecule has 0 amide bonds. The molecule has 2 heterocycles. The van der Waals surface area contributed by atoms with E-state index in [0.717, 1.165) is 31.1 Å². The highest BCUT2D eigenvalue weighted by Crippen LogP contribution is 2.25. The molecule has 0 saturated carbocycles. The molecule has 0 aliphatic carbocycles. The number of nitrogens with one attached hydrogen (secondary N) is 1. The van der Waals surface area contributed by atoms with Crippen LogP contribution in [0.4, 0.5) is 5.69 Å². The van der Waals surface area contributed by atoms with Crippen molar-refractivity contribution in [3.05, 3.63) is 41.5 Å². The maximum atomic E-state index is 5.77. The summed E-state index contributed by atoms with van der Waals surface area (Å²) in [4.78, 5) is 6.44. The van der Waals surface area contributed by atoms with Crippen molar-refractivity contribution in [2.45, 2.75) is 19.6 Å². The molecule has 3 rings (SSSR count). The van der Waals surface area contributed by atoms with Gasteiger partial charge in [0, 0.05) is 18.8 Å². The van der Waals surface area contributed by atoms with Crippen molar-refractivity contribution in [3.8, 4) is 0 Å². The van der Waals surface area contributed by atoms with Crippen molar-refractivity contribution in [3.63, 3.8) is 0 Å². The lowest BCUT2D eigenvalue weighted by Gasteiger charge is -2.11. The second-order valence-electron chi connectivity index (χ2n) is 4.11. The zero-order chi connectivity index (χ0) is 11.0. The van der Waals surface area contributed by atoms with E-state index < -0.39 is 0 Å². The third-order valence-electron chi connectivity index (χ3n) is 2.86. The summed E-state index contributed by atoms with van der Waals surface area (Å²) in [6, 6.07) is 6.11. The Balaban J connectivity index is 1.75. The van der Waals surface area contributed by atoms with Crippen LogP contribution in [-0.2, 0) is 19.6 Å². The van der Waals surface area contributed by atoms with Gasteiger partial charge in [-0.2, -0.15) is 5.10 Å². The van der Waals surface area contributed by atoms with Crippen molar-refractivity contribution in [1.82, 2.24) is 20.1 Å². The van der Waals surface area contributed by atoms with Gasteiger partial charge >= 0.3 is 0 Å². The zero-order valence-electron chi connectivity index (χ0n) is 8.85. The van der Waals surface area contributed by atoms with Crippen molar-refractivity contribution < 1.29 is 0 Å². The van der Waals surface area contributed by atoms with Crippen molar-refractivity contribution in [1.29, 1.82) is 0 Å². The van der Waals surface area contributed by atoms with Crippen molar-refractivity contribution >= 4 is 5.69 Å². The van der Waals surface area contributed by atoms with Gasteiger partial charge in [0.1, 0.15) is 12.2 Å². The van der Waals surface area contributed by atoms with Gasteiger partial charge < -0.3 is 5.73 Å². The maximum absolute atomic E-state index is 5.77. The number of anilines is 1. The Morgan fingerprint density at radius 1 is 1.31 bits per heavy atom. The quantitative estimate of drug-likeness (QED) is 0.730. The first kappa shape index (κ1) is 9.35. The Hall–Kier alpha value is -1.88. The first-order valence-corrected chi connectivity index (χ1v) is 5.25. The average molecular weight is 215 g/mol. The first-order valence-electron chi connectivity index (χ1n) is 5.25. The number of benzene rings is 1. The number of rotatable bonds is 2. The molecule has 0 bridgehead atoms. The van der Waals surface area contributed by atoms with Crippen LogP contribution < -0.4 is 5.73 Å². The molecular weight excluding hydrogens is 202 g/mol. The zero-order valence-corrected chi connectivity index (χ0v) is 8.85. The van der Waals surface area contributed by atoms with Gasteiger partial charge in [0.25, 0.3) is 0 Å². The summed E-state index contributed by atoms with van der Waals surface area (Å²) in [6.45, 7) is 2.69. The minimum atomic E-state index is 0.800. The lowest BCUT2D eigenvalue weighted by Crippen LogP contribution is -2.16. The molecule has 16 heavy (non-hydrogen) atoms. The molecule has 2 aromatic rings. The number of nitrogens with two attached hydrogens (primary N) is 1. The van der Waals surface area contributed by atoms with E-state index in [9.17, 15) is 0 Å². The molecule has 0 atom stereocenters. The van der Waals surface area contributed by atoms with Gasteiger partial charge in [0.2, 0.25) is 0 Å². The van der Waals surface area contributed by atoms with Crippen LogP contribution in [0.15, 0.2) is 24.5 Å². The van der Waals surface area contributed by atoms with Crippen LogP contribution in [0.2, 0.25) is 0 Å². The van der Waals surface area contributed by atoms with Gasteiger partial charge in [-0.1, -0.05) is 6.07 Å². The molecule has 1 aromatic heterocycles. The summed E-state index contributed by atoms with van der Waals surface area (Å²) in [5, 5.41) is 6.72. The van der Waals surface area contributed by atoms with E-state index in [1.807, 2.05) is 6.07 Å². The minimum absolute atomic E-state index is 0.800. The molecule has 5 heteroatoms. The second kappa shape index (κ2) is 3.61. The predicted octanol–water partition coefficient (Wildman–Crippen LogP) is 0.903. The highest BCUT2D eigenvalue weighted by Gasteiger charge is 2.19. The summed E-state index contributed by atoms with van der Waals surface area (Å²) in [7, 11) is 0. The molecule has 0 unspecified atom stereocenters. The highest BCUT2D eigenvalue weighted by molar-refractivity contribution is 5.46. The predicted molar refractivity (Wildman–Crippen MR) is 60.2 cm³/mol. The molecule has 1 aromatic carbocycles. The van der Waals surface area contributed by atoms with Gasteiger partial charge in [-0.05, 0) is 23.3 Å². The molecule has 1 aliphatic heterocycles. The Morgan fingerprint density at radius 2 is 2.19 bits per heavy atom. The molecular formula is C11H13N5. The van der Waals surface area contributed by atoms with Crippen LogP contribution in [0.3, 0.4) is 0 Å². The average Bonchev–Trinajstić information content (AvgIpc) is 2.86. The standard InChI is InChI=1S/C11H13N5/c12-10-2-1-8-4-16(5-9(8)3-10)6-11-13-7-14-15-11/h1-3,7H,4-6,12H2,(H,13,14,15). The summed E-state index contributed by atoms with van der Waals surface area (Å²) < 4.78 is 0. The number of nitrogen functional groups attached to an aromatic ring is 1. The number of aromatic nitrogens is 3. The third kappa shape index (κ3) is 1.65. The number of aromatic amines is 1. The van der Waals surface area contributed by atoms with E-state index in [-0.39, 0.29) is 0 Å². The minimum Gasteiger partial charge on any atom is -0.399 e. The maximum Gasteiger partial charge on any atom is 0.138 e. The van der Waals surface area contributed by atoms with Gasteiger partial charge in [-0.25, -0.2) is 4.98 Å². The van der Waals surface area contributed by atoms with E-state index in [0.29, 0.717) is 0 Å². The van der Waals surface area contributed by atoms with E-state index in [1.54, 1.807) is 0 Å². The number of hydrogen-bond acceptors (Lipinski definition) is 4. The Kier molecular flexibility index (Phi) is 2.11. The molecule has 3 N–H and O–H groups in total. The van der Waals surface area contributed by atoms with Gasteiger partial charge in [-0.3, -0.25) is 10.00 Å². The number of H-pyrrole nitrogens is 1. The summed E-state index contributed by atoms with van der Waals surface area (Å²) in [5.74, 6) is 0.903. The number of hydrogen-bond donors (Lipinski definition) is 2. The molecule has 0 spiro atoms. The van der Waals surface area contributed by atoms with Crippen LogP contribution >= 0.6 is 0 Å². The van der Waals surface area contributed by atoms with E-state index in [2.05, 4.69) is 32.2 Å². The third-order valence-corrected chi connectivity index (χ3v) is 2.86. The number of fused-ring (bicyclic) bond motifs is 1. The number of nitrogens with zero attached hydrogens (tertiary/aromatic N) is 3. The Morgan fingerprint density at radius 3 is 3.00 bits per heavy atom. The van der Waals surface area contributed by atoms with Crippen LogP contribution in [0.1, 0.15) is 17.0 Å². The Bertz CT molecular complexity index is 491. The van der Waals surface area contributed by atoms with Gasteiger partial charge in [0.05, 0.1) is 6.54 Å². The van der Waals surface area contributed by atoms with Gasteiger partial charge in [0.15, 0.2) is 0 Å². The lowest BCUT2D eigenvalue weighted by atomic mass is 10.1. The van der Waals surface area contributed by atoms with Crippen molar-refractivity contribution in [2.75, 3.05) is 5.73 Å². The normalized spacial score (nSPS) is 15.2. The fraction of sp³-hybridized carbons (Fsp3) is 0.273. The van der Waals surface area contributed by atoms with Crippen LogP contribution in [0, 0.1) is 0 Å². The smallest absolute Gasteiger partial charge is 0.138 e. The molecule has 0 radical (unpaired) electrons. The SMILES string of the molecule is Nc1ccc2c(c1)CN(Cc1ncn[nH]1)C2. The fourth-order valence-corrected chi connectivity index (χ4v) is 2.12. The molecule has 0 saturated heterocycles. The summed E-state index contributed by atoms with van der Waals surface area (Å²) in [5.41, 5.74) is 9.27. The molecule has 5 nitrogen and oxygen atoms in total. The van der Waals surface area contributed by atoms with Crippen molar-refractivity contribution in [2.24, 2.45) is 0 Å². The fourth-order valence-electron chi connectivity index (χ4n) is 2.12. The van der Waals surface area contributed by atoms with Crippen LogP contribution in [0.5, 0.6) is 0 Å². The highest BCUT2D eigenvalue weighted by atomic mass is 15.2. The Labute approximate surface area is 93.3 Å². The van der Waals surface area contributed by atoms with Crippen LogP contribution in [-0.4, -0.2) is 20.1 Å². The van der Waals surface area contributed by atoms with E-state index >= 15 is 0 Å². The molecule has 0 fully saturated rings. The topological polar surface area (TPSA) is 70.8 Å². The molecule has 1 aliphatic rings. The van der Waals surface area contributed by atoms with E-state index in [4.69, 9.17) is 5.73 Å². The largest absolute Gasteiger partial charge is 0.399 e. The summed E-state index contributed by atoms with van der Waals surface area (Å²) >= 11 is 0. The monoisotopic (exact) mass is 215 g/mol. The molecule has 82 valence electrons.